The van der Waals surface area contributed by atoms with Crippen molar-refractivity contribution in [2.24, 2.45) is 5.92 Å². The highest BCUT2D eigenvalue weighted by molar-refractivity contribution is 9.10. The van der Waals surface area contributed by atoms with Crippen molar-refractivity contribution in [3.63, 3.8) is 0 Å². The van der Waals surface area contributed by atoms with E-state index in [4.69, 9.17) is 5.11 Å². The van der Waals surface area contributed by atoms with Crippen LogP contribution in [-0.4, -0.2) is 40.7 Å². The van der Waals surface area contributed by atoms with Gasteiger partial charge in [0.1, 0.15) is 0 Å². The van der Waals surface area contributed by atoms with Gasteiger partial charge in [-0.3, -0.25) is 9.59 Å². The predicted octanol–water partition coefficient (Wildman–Crippen LogP) is 3.42. The summed E-state index contributed by atoms with van der Waals surface area (Å²) in [5.41, 5.74) is 1.11. The van der Waals surface area contributed by atoms with Gasteiger partial charge in [0.15, 0.2) is 0 Å². The predicted molar refractivity (Wildman–Crippen MR) is 88.7 cm³/mol. The van der Waals surface area contributed by atoms with Crippen LogP contribution in [0.15, 0.2) is 27.6 Å². The van der Waals surface area contributed by atoms with Gasteiger partial charge in [0.2, 0.25) is 5.91 Å². The van der Waals surface area contributed by atoms with E-state index in [1.807, 2.05) is 32.0 Å². The molecule has 116 valence electrons. The van der Waals surface area contributed by atoms with Crippen molar-refractivity contribution in [2.75, 3.05) is 18.8 Å². The van der Waals surface area contributed by atoms with E-state index in [0.29, 0.717) is 12.3 Å². The molecule has 1 rings (SSSR count). The Morgan fingerprint density at radius 2 is 2.10 bits per heavy atom. The van der Waals surface area contributed by atoms with E-state index in [2.05, 4.69) is 15.9 Å². The standard InChI is InChI=1S/C15H20BrNO3S/c1-4-17(8-11(3)15(19)20)14(18)9-21-13-6-5-12(16)7-10(13)2/h5-7,11H,4,8-9H2,1-3H3,(H,19,20). The maximum Gasteiger partial charge on any atom is 0.308 e. The number of amides is 1. The SMILES string of the molecule is CCN(CC(C)C(=O)O)C(=O)CSc1ccc(Br)cc1C. The number of aryl methyl sites for hydroxylation is 1. The molecule has 1 aromatic carbocycles. The first-order chi connectivity index (χ1) is 9.85. The lowest BCUT2D eigenvalue weighted by Gasteiger charge is -2.22. The number of hydrogen-bond donors (Lipinski definition) is 1. The number of nitrogens with zero attached hydrogens (tertiary/aromatic N) is 1. The first-order valence-electron chi connectivity index (χ1n) is 6.74. The van der Waals surface area contributed by atoms with E-state index in [1.165, 1.54) is 11.8 Å². The Hall–Kier alpha value is -1.01. The summed E-state index contributed by atoms with van der Waals surface area (Å²) < 4.78 is 1.01. The van der Waals surface area contributed by atoms with Crippen molar-refractivity contribution < 1.29 is 14.7 Å². The van der Waals surface area contributed by atoms with Crippen LogP contribution in [0.2, 0.25) is 0 Å². The first kappa shape index (κ1) is 18.0. The average molecular weight is 374 g/mol. The fourth-order valence-electron chi connectivity index (χ4n) is 1.82. The van der Waals surface area contributed by atoms with Gasteiger partial charge >= 0.3 is 5.97 Å². The molecule has 1 atom stereocenters. The third-order valence-electron chi connectivity index (χ3n) is 3.14. The van der Waals surface area contributed by atoms with E-state index >= 15 is 0 Å². The van der Waals surface area contributed by atoms with E-state index in [9.17, 15) is 9.59 Å². The maximum atomic E-state index is 12.2. The molecule has 0 aliphatic carbocycles. The molecule has 0 aliphatic rings. The summed E-state index contributed by atoms with van der Waals surface area (Å²) in [5, 5.41) is 8.93. The molecule has 0 heterocycles. The van der Waals surface area contributed by atoms with E-state index < -0.39 is 11.9 Å². The molecule has 4 nitrogen and oxygen atoms in total. The zero-order valence-corrected chi connectivity index (χ0v) is 14.8. The van der Waals surface area contributed by atoms with Crippen LogP contribution >= 0.6 is 27.7 Å². The van der Waals surface area contributed by atoms with Crippen LogP contribution in [0.3, 0.4) is 0 Å². The zero-order valence-electron chi connectivity index (χ0n) is 12.4. The minimum Gasteiger partial charge on any atom is -0.481 e. The van der Waals surface area contributed by atoms with E-state index in [-0.39, 0.29) is 12.5 Å². The Kier molecular flexibility index (Phi) is 7.25. The average Bonchev–Trinajstić information content (AvgIpc) is 2.43. The quantitative estimate of drug-likeness (QED) is 0.743. The van der Waals surface area contributed by atoms with Crippen LogP contribution in [0, 0.1) is 12.8 Å². The third-order valence-corrected chi connectivity index (χ3v) is 4.79. The molecule has 6 heteroatoms. The molecule has 0 bridgehead atoms. The van der Waals surface area contributed by atoms with Gasteiger partial charge in [-0.25, -0.2) is 0 Å². The molecular weight excluding hydrogens is 354 g/mol. The summed E-state index contributed by atoms with van der Waals surface area (Å²) in [7, 11) is 0. The van der Waals surface area contributed by atoms with Crippen molar-refractivity contribution in [3.05, 3.63) is 28.2 Å². The lowest BCUT2D eigenvalue weighted by atomic mass is 10.2. The number of carbonyl (C=O) groups is 2. The van der Waals surface area contributed by atoms with Gasteiger partial charge < -0.3 is 10.0 Å². The number of benzene rings is 1. The smallest absolute Gasteiger partial charge is 0.308 e. The summed E-state index contributed by atoms with van der Waals surface area (Å²) >= 11 is 4.89. The lowest BCUT2D eigenvalue weighted by Crippen LogP contribution is -2.37. The second kappa shape index (κ2) is 8.44. The molecule has 21 heavy (non-hydrogen) atoms. The zero-order chi connectivity index (χ0) is 16.0. The Morgan fingerprint density at radius 1 is 1.43 bits per heavy atom. The summed E-state index contributed by atoms with van der Waals surface area (Å²) in [6.07, 6.45) is 0. The molecule has 0 aromatic heterocycles. The molecule has 0 fully saturated rings. The largest absolute Gasteiger partial charge is 0.481 e. The molecule has 0 spiro atoms. The molecule has 0 saturated carbocycles. The van der Waals surface area contributed by atoms with Gasteiger partial charge in [0.25, 0.3) is 0 Å². The van der Waals surface area contributed by atoms with Crippen molar-refractivity contribution >= 4 is 39.6 Å². The Bertz CT molecular complexity index is 522. The molecule has 1 unspecified atom stereocenters. The summed E-state index contributed by atoms with van der Waals surface area (Å²) in [5.74, 6) is -1.13. The number of carbonyl (C=O) groups excluding carboxylic acids is 1. The van der Waals surface area contributed by atoms with Crippen molar-refractivity contribution in [2.45, 2.75) is 25.7 Å². The van der Waals surface area contributed by atoms with Crippen molar-refractivity contribution in [1.82, 2.24) is 4.90 Å². The first-order valence-corrected chi connectivity index (χ1v) is 8.52. The fraction of sp³-hybridized carbons (Fsp3) is 0.467. The van der Waals surface area contributed by atoms with Gasteiger partial charge in [-0.2, -0.15) is 0 Å². The highest BCUT2D eigenvalue weighted by Gasteiger charge is 2.19. The highest BCUT2D eigenvalue weighted by Crippen LogP contribution is 2.25. The normalized spacial score (nSPS) is 12.0. The molecule has 1 N–H and O–H groups in total. The molecule has 0 saturated heterocycles. The van der Waals surface area contributed by atoms with E-state index in [0.717, 1.165) is 14.9 Å². The van der Waals surface area contributed by atoms with Crippen molar-refractivity contribution in [3.8, 4) is 0 Å². The Labute approximate surface area is 138 Å². The van der Waals surface area contributed by atoms with Crippen LogP contribution in [0.1, 0.15) is 19.4 Å². The topological polar surface area (TPSA) is 57.6 Å². The van der Waals surface area contributed by atoms with Crippen LogP contribution in [0.5, 0.6) is 0 Å². The van der Waals surface area contributed by atoms with Crippen LogP contribution in [0.4, 0.5) is 0 Å². The Balaban J connectivity index is 2.60. The second-order valence-corrected chi connectivity index (χ2v) is 6.80. The van der Waals surface area contributed by atoms with Crippen LogP contribution < -0.4 is 0 Å². The highest BCUT2D eigenvalue weighted by atomic mass is 79.9. The number of hydrogen-bond acceptors (Lipinski definition) is 3. The fourth-order valence-corrected chi connectivity index (χ4v) is 3.21. The van der Waals surface area contributed by atoms with Gasteiger partial charge in [0, 0.05) is 22.5 Å². The van der Waals surface area contributed by atoms with Gasteiger partial charge in [-0.05, 0) is 37.6 Å². The van der Waals surface area contributed by atoms with Crippen molar-refractivity contribution in [1.29, 1.82) is 0 Å². The van der Waals surface area contributed by atoms with Gasteiger partial charge in [-0.1, -0.05) is 22.9 Å². The monoisotopic (exact) mass is 373 g/mol. The molecule has 1 aromatic rings. The third kappa shape index (κ3) is 5.71. The van der Waals surface area contributed by atoms with E-state index in [1.54, 1.807) is 11.8 Å². The molecule has 0 aliphatic heterocycles. The van der Waals surface area contributed by atoms with Gasteiger partial charge in [-0.15, -0.1) is 11.8 Å². The van der Waals surface area contributed by atoms with Crippen LogP contribution in [-0.2, 0) is 9.59 Å². The van der Waals surface area contributed by atoms with Crippen LogP contribution in [0.25, 0.3) is 0 Å². The number of carboxylic acid groups (broad SMARTS) is 1. The summed E-state index contributed by atoms with van der Waals surface area (Å²) in [6, 6.07) is 5.94. The summed E-state index contributed by atoms with van der Waals surface area (Å²) in [6.45, 7) is 6.26. The number of rotatable bonds is 7. The lowest BCUT2D eigenvalue weighted by molar-refractivity contribution is -0.142. The summed E-state index contributed by atoms with van der Waals surface area (Å²) in [4.78, 5) is 25.7. The van der Waals surface area contributed by atoms with Gasteiger partial charge in [0.05, 0.1) is 11.7 Å². The number of halogens is 1. The minimum atomic E-state index is -0.877. The Morgan fingerprint density at radius 3 is 2.62 bits per heavy atom. The number of carboxylic acids is 1. The number of aliphatic carboxylic acids is 1. The molecule has 0 radical (unpaired) electrons. The second-order valence-electron chi connectivity index (χ2n) is 4.87. The molecule has 1 amide bonds. The number of thioether (sulfide) groups is 1. The maximum absolute atomic E-state index is 12.2. The minimum absolute atomic E-state index is 0.0297. The molecular formula is C15H20BrNO3S.